The first-order valence-electron chi connectivity index (χ1n) is 10.9. The SMILES string of the molecule is N/C(=N\O)c1cc(N2CCC(OCc3c(-c4c(Cl)cccc4Cl)noc3C3CC3)CC2)n[nH]1. The van der Waals surface area contributed by atoms with Crippen molar-refractivity contribution in [2.24, 2.45) is 10.9 Å². The van der Waals surface area contributed by atoms with Crippen LogP contribution in [0.2, 0.25) is 10.0 Å². The van der Waals surface area contributed by atoms with Gasteiger partial charge in [-0.05, 0) is 37.8 Å². The highest BCUT2D eigenvalue weighted by Crippen LogP contribution is 2.46. The average Bonchev–Trinajstić information content (AvgIpc) is 3.39. The van der Waals surface area contributed by atoms with Gasteiger partial charge in [0.15, 0.2) is 11.7 Å². The molecule has 1 aliphatic heterocycles. The minimum Gasteiger partial charge on any atom is -0.409 e. The van der Waals surface area contributed by atoms with Gasteiger partial charge in [-0.3, -0.25) is 5.10 Å². The Labute approximate surface area is 200 Å². The topological polar surface area (TPSA) is 126 Å². The molecule has 0 amide bonds. The van der Waals surface area contributed by atoms with Crippen LogP contribution >= 0.6 is 23.2 Å². The zero-order valence-corrected chi connectivity index (χ0v) is 19.3. The van der Waals surface area contributed by atoms with Crippen LogP contribution in [0.4, 0.5) is 5.82 Å². The molecule has 5 rings (SSSR count). The van der Waals surface area contributed by atoms with Gasteiger partial charge in [0.05, 0.1) is 22.8 Å². The molecule has 174 valence electrons. The van der Waals surface area contributed by atoms with E-state index in [1.165, 1.54) is 0 Å². The van der Waals surface area contributed by atoms with E-state index in [4.69, 9.17) is 43.4 Å². The highest BCUT2D eigenvalue weighted by Gasteiger charge is 2.34. The molecule has 2 fully saturated rings. The molecule has 1 saturated carbocycles. The van der Waals surface area contributed by atoms with Crippen molar-refractivity contribution in [3.63, 3.8) is 0 Å². The second kappa shape index (κ2) is 9.24. The lowest BCUT2D eigenvalue weighted by atomic mass is 10.0. The van der Waals surface area contributed by atoms with Gasteiger partial charge in [-0.1, -0.05) is 39.6 Å². The molecule has 0 bridgehead atoms. The first-order valence-corrected chi connectivity index (χ1v) is 11.6. The number of hydrogen-bond acceptors (Lipinski definition) is 7. The van der Waals surface area contributed by atoms with E-state index in [9.17, 15) is 0 Å². The van der Waals surface area contributed by atoms with E-state index < -0.39 is 0 Å². The van der Waals surface area contributed by atoms with Crippen molar-refractivity contribution in [1.29, 1.82) is 0 Å². The predicted molar refractivity (Wildman–Crippen MR) is 125 cm³/mol. The van der Waals surface area contributed by atoms with E-state index in [0.29, 0.717) is 39.5 Å². The number of anilines is 1. The van der Waals surface area contributed by atoms with Gasteiger partial charge in [-0.25, -0.2) is 0 Å². The number of benzene rings is 1. The molecule has 9 nitrogen and oxygen atoms in total. The second-order valence-electron chi connectivity index (χ2n) is 8.37. The first kappa shape index (κ1) is 22.1. The second-order valence-corrected chi connectivity index (χ2v) is 9.18. The summed E-state index contributed by atoms with van der Waals surface area (Å²) < 4.78 is 12.0. The molecule has 11 heteroatoms. The van der Waals surface area contributed by atoms with Crippen LogP contribution in [0.3, 0.4) is 0 Å². The molecule has 0 spiro atoms. The van der Waals surface area contributed by atoms with Gasteiger partial charge in [0.1, 0.15) is 17.1 Å². The summed E-state index contributed by atoms with van der Waals surface area (Å²) >= 11 is 12.9. The van der Waals surface area contributed by atoms with Crippen molar-refractivity contribution < 1.29 is 14.5 Å². The number of nitrogens with zero attached hydrogens (tertiary/aromatic N) is 4. The van der Waals surface area contributed by atoms with E-state index in [2.05, 4.69) is 25.4 Å². The van der Waals surface area contributed by atoms with Crippen molar-refractivity contribution in [2.45, 2.75) is 44.3 Å². The Morgan fingerprint density at radius 1 is 1.24 bits per heavy atom. The summed E-state index contributed by atoms with van der Waals surface area (Å²) in [5.41, 5.74) is 8.38. The van der Waals surface area contributed by atoms with Crippen molar-refractivity contribution in [3.05, 3.63) is 51.3 Å². The molecule has 3 heterocycles. The van der Waals surface area contributed by atoms with E-state index in [0.717, 1.165) is 55.9 Å². The predicted octanol–water partition coefficient (Wildman–Crippen LogP) is 4.53. The van der Waals surface area contributed by atoms with Crippen LogP contribution in [0, 0.1) is 0 Å². The van der Waals surface area contributed by atoms with E-state index >= 15 is 0 Å². The fourth-order valence-electron chi connectivity index (χ4n) is 4.16. The van der Waals surface area contributed by atoms with Crippen molar-refractivity contribution >= 4 is 34.9 Å². The molecule has 33 heavy (non-hydrogen) atoms. The number of nitrogens with two attached hydrogens (primary N) is 1. The summed E-state index contributed by atoms with van der Waals surface area (Å²) in [5, 5.41) is 24.3. The lowest BCUT2D eigenvalue weighted by molar-refractivity contribution is 0.0245. The Morgan fingerprint density at radius 3 is 2.64 bits per heavy atom. The molecule has 4 N–H and O–H groups in total. The molecule has 0 radical (unpaired) electrons. The quantitative estimate of drug-likeness (QED) is 0.192. The lowest BCUT2D eigenvalue weighted by Crippen LogP contribution is -2.37. The molecular weight excluding hydrogens is 467 g/mol. The van der Waals surface area contributed by atoms with Gasteiger partial charge in [0.2, 0.25) is 0 Å². The van der Waals surface area contributed by atoms with Crippen LogP contribution < -0.4 is 10.6 Å². The summed E-state index contributed by atoms with van der Waals surface area (Å²) in [6.07, 6.45) is 3.97. The fourth-order valence-corrected chi connectivity index (χ4v) is 4.74. The van der Waals surface area contributed by atoms with Gasteiger partial charge in [-0.2, -0.15) is 5.10 Å². The van der Waals surface area contributed by atoms with Crippen LogP contribution in [-0.2, 0) is 11.3 Å². The number of rotatable bonds is 7. The third-order valence-electron chi connectivity index (χ3n) is 6.14. The van der Waals surface area contributed by atoms with Gasteiger partial charge in [-0.15, -0.1) is 0 Å². The number of oxime groups is 1. The summed E-state index contributed by atoms with van der Waals surface area (Å²) in [6, 6.07) is 7.19. The third-order valence-corrected chi connectivity index (χ3v) is 6.77. The Balaban J connectivity index is 1.26. The number of ether oxygens (including phenoxy) is 1. The standard InChI is InChI=1S/C22H24Cl2N6O3/c23-15-2-1-3-16(24)19(15)20-14(21(33-29-20)12-4-5-12)11-32-13-6-8-30(9-7-13)18-10-17(26-27-18)22(25)28-31/h1-3,10,12-13,31H,4-9,11H2,(H2,25,28)(H,26,27). The molecule has 3 aromatic rings. The molecule has 2 aliphatic rings. The monoisotopic (exact) mass is 490 g/mol. The zero-order valence-electron chi connectivity index (χ0n) is 17.8. The smallest absolute Gasteiger partial charge is 0.188 e. The Bertz CT molecular complexity index is 1140. The first-order chi connectivity index (χ1) is 16.0. The number of nitrogens with one attached hydrogen (secondary N) is 1. The van der Waals surface area contributed by atoms with Crippen LogP contribution in [-0.4, -0.2) is 45.6 Å². The zero-order chi connectivity index (χ0) is 22.9. The number of amidine groups is 1. The van der Waals surface area contributed by atoms with Crippen LogP contribution in [0.1, 0.15) is 48.6 Å². The molecule has 1 aliphatic carbocycles. The van der Waals surface area contributed by atoms with Crippen LogP contribution in [0.5, 0.6) is 0 Å². The largest absolute Gasteiger partial charge is 0.409 e. The van der Waals surface area contributed by atoms with Crippen LogP contribution in [0.15, 0.2) is 33.9 Å². The molecule has 2 aromatic heterocycles. The van der Waals surface area contributed by atoms with E-state index in [1.807, 2.05) is 6.07 Å². The third kappa shape index (κ3) is 4.53. The lowest BCUT2D eigenvalue weighted by Gasteiger charge is -2.31. The Hall–Kier alpha value is -2.75. The van der Waals surface area contributed by atoms with Gasteiger partial charge < -0.3 is 25.1 Å². The summed E-state index contributed by atoms with van der Waals surface area (Å²) in [4.78, 5) is 2.15. The van der Waals surface area contributed by atoms with Crippen molar-refractivity contribution in [2.75, 3.05) is 18.0 Å². The maximum absolute atomic E-state index is 8.82. The van der Waals surface area contributed by atoms with Gasteiger partial charge in [0.25, 0.3) is 0 Å². The molecular formula is C22H24Cl2N6O3. The summed E-state index contributed by atoms with van der Waals surface area (Å²) in [7, 11) is 0. The maximum atomic E-state index is 8.82. The van der Waals surface area contributed by atoms with Gasteiger partial charge >= 0.3 is 0 Å². The normalized spacial score (nSPS) is 17.6. The van der Waals surface area contributed by atoms with Gasteiger partial charge in [0, 0.05) is 36.2 Å². The number of aromatic nitrogens is 3. The molecule has 0 atom stereocenters. The Morgan fingerprint density at radius 2 is 1.97 bits per heavy atom. The molecule has 1 saturated heterocycles. The maximum Gasteiger partial charge on any atom is 0.188 e. The van der Waals surface area contributed by atoms with Crippen LogP contribution in [0.25, 0.3) is 11.3 Å². The van der Waals surface area contributed by atoms with E-state index in [-0.39, 0.29) is 11.9 Å². The fraction of sp³-hybridized carbons (Fsp3) is 0.409. The highest BCUT2D eigenvalue weighted by molar-refractivity contribution is 6.39. The number of piperidine rings is 1. The average molecular weight is 491 g/mol. The number of halogens is 2. The number of H-pyrrole nitrogens is 1. The summed E-state index contributed by atoms with van der Waals surface area (Å²) in [5.74, 6) is 2.03. The number of aromatic amines is 1. The number of hydrogen-bond donors (Lipinski definition) is 3. The summed E-state index contributed by atoms with van der Waals surface area (Å²) in [6.45, 7) is 1.97. The Kier molecular flexibility index (Phi) is 6.18. The minimum absolute atomic E-state index is 0.00147. The molecule has 1 aromatic carbocycles. The van der Waals surface area contributed by atoms with E-state index in [1.54, 1.807) is 18.2 Å². The molecule has 0 unspecified atom stereocenters. The van der Waals surface area contributed by atoms with Crippen molar-refractivity contribution in [3.8, 4) is 11.3 Å². The minimum atomic E-state index is 0.00147. The van der Waals surface area contributed by atoms with Crippen molar-refractivity contribution in [1.82, 2.24) is 15.4 Å². The highest BCUT2D eigenvalue weighted by atomic mass is 35.5.